The molecule has 0 unspecified atom stereocenters. The van der Waals surface area contributed by atoms with Gasteiger partial charge in [0.15, 0.2) is 11.6 Å². The molecule has 1 aromatic heterocycles. The van der Waals surface area contributed by atoms with Gasteiger partial charge in [0, 0.05) is 18.3 Å². The first-order valence-corrected chi connectivity index (χ1v) is 6.31. The molecule has 0 aliphatic heterocycles. The Morgan fingerprint density at radius 1 is 1.41 bits per heavy atom. The molecule has 5 heteroatoms. The normalized spacial score (nSPS) is 19.0. The van der Waals surface area contributed by atoms with Crippen LogP contribution in [-0.2, 0) is 0 Å². The van der Waals surface area contributed by atoms with Gasteiger partial charge in [-0.2, -0.15) is 0 Å². The maximum absolute atomic E-state index is 13.5. The first-order valence-electron chi connectivity index (χ1n) is 5.93. The zero-order chi connectivity index (χ0) is 12.3. The average Bonchev–Trinajstić information content (AvgIpc) is 2.29. The fourth-order valence-electron chi connectivity index (χ4n) is 2.24. The summed E-state index contributed by atoms with van der Waals surface area (Å²) in [6, 6.07) is 1.25. The highest BCUT2D eigenvalue weighted by atomic mass is 35.5. The number of anilines is 1. The predicted octanol–water partition coefficient (Wildman–Crippen LogP) is 2.95. The monoisotopic (exact) mass is 257 g/mol. The quantitative estimate of drug-likeness (QED) is 0.875. The van der Waals surface area contributed by atoms with E-state index in [0.29, 0.717) is 11.6 Å². The van der Waals surface area contributed by atoms with Crippen molar-refractivity contribution in [2.24, 2.45) is 5.73 Å². The number of nitrogens with zero attached hydrogens (tertiary/aromatic N) is 1. The van der Waals surface area contributed by atoms with E-state index >= 15 is 0 Å². The first-order chi connectivity index (χ1) is 8.09. The van der Waals surface area contributed by atoms with Crippen molar-refractivity contribution in [3.05, 3.63) is 23.1 Å². The SMILES string of the molecule is NC1(CNc2ncc(Cl)cc2F)CCCCC1. The summed E-state index contributed by atoms with van der Waals surface area (Å²) >= 11 is 5.64. The largest absolute Gasteiger partial charge is 0.366 e. The summed E-state index contributed by atoms with van der Waals surface area (Å²) < 4.78 is 13.5. The van der Waals surface area contributed by atoms with Gasteiger partial charge < -0.3 is 11.1 Å². The zero-order valence-corrected chi connectivity index (χ0v) is 10.4. The lowest BCUT2D eigenvalue weighted by Crippen LogP contribution is -2.47. The van der Waals surface area contributed by atoms with E-state index in [0.717, 1.165) is 25.7 Å². The van der Waals surface area contributed by atoms with Crippen molar-refractivity contribution in [3.8, 4) is 0 Å². The molecule has 0 saturated heterocycles. The van der Waals surface area contributed by atoms with Crippen LogP contribution in [0.2, 0.25) is 5.02 Å². The van der Waals surface area contributed by atoms with Crippen LogP contribution >= 0.6 is 11.6 Å². The Kier molecular flexibility index (Phi) is 3.84. The number of aromatic nitrogens is 1. The lowest BCUT2D eigenvalue weighted by molar-refractivity contribution is 0.310. The fourth-order valence-corrected chi connectivity index (χ4v) is 2.38. The van der Waals surface area contributed by atoms with Crippen molar-refractivity contribution in [1.29, 1.82) is 0 Å². The van der Waals surface area contributed by atoms with Crippen LogP contribution in [0.4, 0.5) is 10.2 Å². The third-order valence-electron chi connectivity index (χ3n) is 3.27. The molecule has 3 N–H and O–H groups in total. The molecule has 0 atom stereocenters. The number of halogens is 2. The lowest BCUT2D eigenvalue weighted by atomic mass is 9.82. The van der Waals surface area contributed by atoms with Gasteiger partial charge in [-0.15, -0.1) is 0 Å². The Hall–Kier alpha value is -0.870. The molecule has 1 fully saturated rings. The van der Waals surface area contributed by atoms with Crippen LogP contribution in [0.1, 0.15) is 32.1 Å². The van der Waals surface area contributed by atoms with Crippen LogP contribution in [-0.4, -0.2) is 17.1 Å². The lowest BCUT2D eigenvalue weighted by Gasteiger charge is -2.33. The van der Waals surface area contributed by atoms with Crippen molar-refractivity contribution in [2.45, 2.75) is 37.6 Å². The average molecular weight is 258 g/mol. The second-order valence-corrected chi connectivity index (χ2v) is 5.20. The van der Waals surface area contributed by atoms with Gasteiger partial charge in [0.2, 0.25) is 0 Å². The predicted molar refractivity (Wildman–Crippen MR) is 67.7 cm³/mol. The van der Waals surface area contributed by atoms with Gasteiger partial charge in [0.05, 0.1) is 5.02 Å². The van der Waals surface area contributed by atoms with E-state index in [2.05, 4.69) is 10.3 Å². The minimum atomic E-state index is -0.433. The molecule has 0 aromatic carbocycles. The molecule has 0 spiro atoms. The van der Waals surface area contributed by atoms with Crippen molar-refractivity contribution < 1.29 is 4.39 Å². The molecule has 0 bridgehead atoms. The summed E-state index contributed by atoms with van der Waals surface area (Å²) in [5, 5.41) is 3.28. The number of pyridine rings is 1. The van der Waals surface area contributed by atoms with E-state index in [1.807, 2.05) is 0 Å². The van der Waals surface area contributed by atoms with E-state index in [9.17, 15) is 4.39 Å². The first kappa shape index (κ1) is 12.6. The molecule has 1 aromatic rings. The second kappa shape index (κ2) is 5.19. The molecule has 17 heavy (non-hydrogen) atoms. The molecule has 94 valence electrons. The second-order valence-electron chi connectivity index (χ2n) is 4.76. The standard InChI is InChI=1S/C12H17ClFN3/c13-9-6-10(14)11(16-7-9)17-8-12(15)4-2-1-3-5-12/h6-7H,1-5,8,15H2,(H,16,17). The summed E-state index contributed by atoms with van der Waals surface area (Å²) in [6.07, 6.45) is 6.93. The fraction of sp³-hybridized carbons (Fsp3) is 0.583. The van der Waals surface area contributed by atoms with E-state index < -0.39 is 5.82 Å². The Labute approximate surface area is 106 Å². The molecule has 3 nitrogen and oxygen atoms in total. The van der Waals surface area contributed by atoms with Crippen LogP contribution in [0.25, 0.3) is 0 Å². The molecule has 1 saturated carbocycles. The minimum absolute atomic E-state index is 0.227. The summed E-state index contributed by atoms with van der Waals surface area (Å²) in [7, 11) is 0. The summed E-state index contributed by atoms with van der Waals surface area (Å²) in [5.74, 6) is -0.207. The van der Waals surface area contributed by atoms with E-state index in [-0.39, 0.29) is 11.4 Å². The third kappa shape index (κ3) is 3.30. The third-order valence-corrected chi connectivity index (χ3v) is 3.47. The molecule has 2 rings (SSSR count). The van der Waals surface area contributed by atoms with Crippen LogP contribution in [0, 0.1) is 5.82 Å². The van der Waals surface area contributed by atoms with Crippen LogP contribution in [0.5, 0.6) is 0 Å². The number of nitrogens with two attached hydrogens (primary N) is 1. The van der Waals surface area contributed by atoms with Gasteiger partial charge in [-0.25, -0.2) is 9.37 Å². The van der Waals surface area contributed by atoms with Crippen LogP contribution < -0.4 is 11.1 Å². The Morgan fingerprint density at radius 3 is 2.76 bits per heavy atom. The van der Waals surface area contributed by atoms with Crippen molar-refractivity contribution in [2.75, 3.05) is 11.9 Å². The molecule has 0 amide bonds. The highest BCUT2D eigenvalue weighted by molar-refractivity contribution is 6.30. The van der Waals surface area contributed by atoms with Crippen molar-refractivity contribution in [1.82, 2.24) is 4.98 Å². The Morgan fingerprint density at radius 2 is 2.12 bits per heavy atom. The number of hydrogen-bond acceptors (Lipinski definition) is 3. The smallest absolute Gasteiger partial charge is 0.166 e. The molecule has 1 aliphatic carbocycles. The zero-order valence-electron chi connectivity index (χ0n) is 9.68. The van der Waals surface area contributed by atoms with Gasteiger partial charge >= 0.3 is 0 Å². The summed E-state index contributed by atoms with van der Waals surface area (Å²) in [6.45, 7) is 0.554. The topological polar surface area (TPSA) is 50.9 Å². The molecular weight excluding hydrogens is 241 g/mol. The van der Waals surface area contributed by atoms with Gasteiger partial charge in [0.1, 0.15) is 0 Å². The van der Waals surface area contributed by atoms with E-state index in [1.165, 1.54) is 18.7 Å². The van der Waals surface area contributed by atoms with E-state index in [4.69, 9.17) is 17.3 Å². The van der Waals surface area contributed by atoms with Gasteiger partial charge in [-0.3, -0.25) is 0 Å². The summed E-state index contributed by atoms with van der Waals surface area (Å²) in [5.41, 5.74) is 6.02. The van der Waals surface area contributed by atoms with Crippen LogP contribution in [0.3, 0.4) is 0 Å². The van der Waals surface area contributed by atoms with Crippen LogP contribution in [0.15, 0.2) is 12.3 Å². The molecule has 0 radical (unpaired) electrons. The molecular formula is C12H17ClFN3. The minimum Gasteiger partial charge on any atom is -0.366 e. The highest BCUT2D eigenvalue weighted by Gasteiger charge is 2.27. The molecule has 1 heterocycles. The van der Waals surface area contributed by atoms with Gasteiger partial charge in [-0.1, -0.05) is 30.9 Å². The number of nitrogens with one attached hydrogen (secondary N) is 1. The number of rotatable bonds is 3. The molecule has 1 aliphatic rings. The highest BCUT2D eigenvalue weighted by Crippen LogP contribution is 2.26. The Bertz CT molecular complexity index is 391. The van der Waals surface area contributed by atoms with Crippen molar-refractivity contribution in [3.63, 3.8) is 0 Å². The maximum atomic E-state index is 13.5. The maximum Gasteiger partial charge on any atom is 0.166 e. The Balaban J connectivity index is 1.97. The van der Waals surface area contributed by atoms with Gasteiger partial charge in [0.25, 0.3) is 0 Å². The number of hydrogen-bond donors (Lipinski definition) is 2. The summed E-state index contributed by atoms with van der Waals surface area (Å²) in [4.78, 5) is 3.92. The van der Waals surface area contributed by atoms with Gasteiger partial charge in [-0.05, 0) is 18.9 Å². The van der Waals surface area contributed by atoms with Crippen molar-refractivity contribution >= 4 is 17.4 Å². The van der Waals surface area contributed by atoms with E-state index in [1.54, 1.807) is 0 Å².